The van der Waals surface area contributed by atoms with Crippen molar-refractivity contribution in [2.24, 2.45) is 0 Å². The van der Waals surface area contributed by atoms with E-state index in [1.807, 2.05) is 0 Å². The lowest BCUT2D eigenvalue weighted by Crippen LogP contribution is -2.28. The minimum absolute atomic E-state index is 0.0148. The normalized spacial score (nSPS) is 10.7. The molecular weight excluding hydrogens is 199 g/mol. The summed E-state index contributed by atoms with van der Waals surface area (Å²) in [5.74, 6) is -1.01. The Morgan fingerprint density at radius 3 is 2.58 bits per heavy atom. The number of nitrogens with zero attached hydrogens (tertiary/aromatic N) is 1. The Balaban J connectivity index is 3.93. The molecule has 7 heteroatoms. The van der Waals surface area contributed by atoms with Gasteiger partial charge in [-0.05, 0) is 0 Å². The number of carboxylic acid groups (broad SMARTS) is 1. The van der Waals surface area contributed by atoms with Gasteiger partial charge in [-0.25, -0.2) is 0 Å². The van der Waals surface area contributed by atoms with Crippen molar-refractivity contribution in [2.75, 3.05) is 20.3 Å². The van der Waals surface area contributed by atoms with E-state index in [4.69, 9.17) is 10.5 Å². The first kappa shape index (κ1) is 11.4. The number of carboxylic acids is 1. The van der Waals surface area contributed by atoms with Crippen LogP contribution in [0.1, 0.15) is 0 Å². The Morgan fingerprint density at radius 1 is 1.75 bits per heavy atom. The maximum absolute atomic E-state index is 10.6. The van der Waals surface area contributed by atoms with E-state index >= 15 is 0 Å². The van der Waals surface area contributed by atoms with Gasteiger partial charge in [0.2, 0.25) is 5.17 Å². The van der Waals surface area contributed by atoms with E-state index < -0.39 is 13.0 Å². The largest absolute Gasteiger partial charge is 0.480 e. The summed E-state index contributed by atoms with van der Waals surface area (Å²) < 4.78 is 10.6. The van der Waals surface area contributed by atoms with Gasteiger partial charge in [-0.3, -0.25) is 10.2 Å². The quantitative estimate of drug-likeness (QED) is 0.412. The van der Waals surface area contributed by atoms with Crippen molar-refractivity contribution < 1.29 is 14.5 Å². The molecule has 0 aliphatic rings. The Morgan fingerprint density at radius 2 is 2.25 bits per heavy atom. The lowest BCUT2D eigenvalue weighted by molar-refractivity contribution is -0.137. The van der Waals surface area contributed by atoms with Crippen molar-refractivity contribution in [3.05, 3.63) is 0 Å². The van der Waals surface area contributed by atoms with Gasteiger partial charge in [-0.15, -0.1) is 0 Å². The van der Waals surface area contributed by atoms with Crippen molar-refractivity contribution >= 4 is 29.5 Å². The third-order valence-electron chi connectivity index (χ3n) is 0.934. The van der Waals surface area contributed by atoms with Crippen LogP contribution in [-0.4, -0.2) is 41.4 Å². The van der Waals surface area contributed by atoms with E-state index in [-0.39, 0.29) is 11.7 Å². The van der Waals surface area contributed by atoms with E-state index in [0.717, 1.165) is 11.4 Å². The van der Waals surface area contributed by atoms with Crippen LogP contribution in [0.4, 0.5) is 0 Å². The number of aliphatic carboxylic acids is 1. The molecule has 1 atom stereocenters. The van der Waals surface area contributed by atoms with Crippen LogP contribution in [0.5, 0.6) is 0 Å². The number of nitrogens with one attached hydrogen (secondary N) is 1. The van der Waals surface area contributed by atoms with Crippen LogP contribution in [0.25, 0.3) is 0 Å². The summed E-state index contributed by atoms with van der Waals surface area (Å²) >= 11 is 0.860. The molecule has 0 fully saturated rings. The van der Waals surface area contributed by atoms with Crippen molar-refractivity contribution in [3.8, 4) is 0 Å². The van der Waals surface area contributed by atoms with E-state index in [1.54, 1.807) is 0 Å². The van der Waals surface area contributed by atoms with E-state index in [1.165, 1.54) is 18.6 Å². The molecule has 0 aromatic heterocycles. The highest BCUT2D eigenvalue weighted by Crippen LogP contribution is 2.34. The number of rotatable bonds is 3. The predicted octanol–water partition coefficient (Wildman–Crippen LogP) is 1.04. The SMILES string of the molecule is CN(CC(=O)O)C(=N)S[P+](C)=O. The Bertz CT molecular complexity index is 221. The lowest BCUT2D eigenvalue weighted by atomic mass is 10.6. The first-order chi connectivity index (χ1) is 5.43. The minimum Gasteiger partial charge on any atom is -0.480 e. The second-order valence-electron chi connectivity index (χ2n) is 2.09. The smallest absolute Gasteiger partial charge is 0.415 e. The van der Waals surface area contributed by atoms with Crippen molar-refractivity contribution in [1.29, 1.82) is 5.41 Å². The monoisotopic (exact) mass is 209 g/mol. The second kappa shape index (κ2) is 5.11. The fraction of sp³-hybridized carbons (Fsp3) is 0.600. The summed E-state index contributed by atoms with van der Waals surface area (Å²) in [6.45, 7) is 1.23. The zero-order chi connectivity index (χ0) is 9.72. The lowest BCUT2D eigenvalue weighted by Gasteiger charge is -2.11. The molecule has 0 aliphatic heterocycles. The molecule has 5 nitrogen and oxygen atoms in total. The van der Waals surface area contributed by atoms with Crippen molar-refractivity contribution in [1.82, 2.24) is 4.90 Å². The molecular formula is C5H10N2O3PS+. The van der Waals surface area contributed by atoms with Gasteiger partial charge in [0.25, 0.3) is 0 Å². The van der Waals surface area contributed by atoms with Crippen LogP contribution in [0, 0.1) is 5.41 Å². The molecule has 0 saturated carbocycles. The van der Waals surface area contributed by atoms with Crippen LogP contribution in [-0.2, 0) is 9.36 Å². The summed E-state index contributed by atoms with van der Waals surface area (Å²) in [6.07, 6.45) is 0. The number of amidine groups is 1. The highest BCUT2D eigenvalue weighted by molar-refractivity contribution is 8.59. The first-order valence-corrected chi connectivity index (χ1v) is 6.16. The van der Waals surface area contributed by atoms with E-state index in [9.17, 15) is 9.36 Å². The predicted molar refractivity (Wildman–Crippen MR) is 49.1 cm³/mol. The van der Waals surface area contributed by atoms with Crippen molar-refractivity contribution in [2.45, 2.75) is 0 Å². The molecule has 0 saturated heterocycles. The number of likely N-dealkylation sites (N-methyl/N-ethyl adjacent to an activating group) is 1. The zero-order valence-electron chi connectivity index (χ0n) is 6.77. The summed E-state index contributed by atoms with van der Waals surface area (Å²) in [4.78, 5) is 11.4. The highest BCUT2D eigenvalue weighted by Gasteiger charge is 2.18. The Hall–Kier alpha value is -0.610. The van der Waals surface area contributed by atoms with Gasteiger partial charge in [-0.2, -0.15) is 0 Å². The summed E-state index contributed by atoms with van der Waals surface area (Å²) in [5.41, 5.74) is 0. The third-order valence-corrected chi connectivity index (χ3v) is 2.97. The average Bonchev–Trinajstić information content (AvgIpc) is 1.84. The maximum Gasteiger partial charge on any atom is 0.415 e. The molecule has 0 aromatic carbocycles. The summed E-state index contributed by atoms with van der Waals surface area (Å²) in [6, 6.07) is 0. The van der Waals surface area contributed by atoms with Gasteiger partial charge in [0.15, 0.2) is 11.4 Å². The van der Waals surface area contributed by atoms with Gasteiger partial charge in [0.1, 0.15) is 13.2 Å². The van der Waals surface area contributed by atoms with Gasteiger partial charge in [0, 0.05) is 7.05 Å². The van der Waals surface area contributed by atoms with Crippen molar-refractivity contribution in [3.63, 3.8) is 0 Å². The average molecular weight is 209 g/mol. The number of hydrogen-bond donors (Lipinski definition) is 2. The first-order valence-electron chi connectivity index (χ1n) is 3.03. The van der Waals surface area contributed by atoms with Crippen LogP contribution in [0.2, 0.25) is 0 Å². The molecule has 12 heavy (non-hydrogen) atoms. The molecule has 0 radical (unpaired) electrons. The van der Waals surface area contributed by atoms with Crippen LogP contribution < -0.4 is 0 Å². The summed E-state index contributed by atoms with van der Waals surface area (Å²) in [7, 11) is -0.0153. The van der Waals surface area contributed by atoms with Crippen LogP contribution in [0.15, 0.2) is 0 Å². The fourth-order valence-corrected chi connectivity index (χ4v) is 2.06. The molecule has 0 heterocycles. The molecule has 1 unspecified atom stereocenters. The molecule has 2 N–H and O–H groups in total. The Labute approximate surface area is 75.2 Å². The zero-order valence-corrected chi connectivity index (χ0v) is 8.48. The topological polar surface area (TPSA) is 81.5 Å². The second-order valence-corrected chi connectivity index (χ2v) is 5.62. The molecule has 0 aliphatic carbocycles. The van der Waals surface area contributed by atoms with Gasteiger partial charge in [-0.1, -0.05) is 4.57 Å². The minimum atomic E-state index is -1.49. The van der Waals surface area contributed by atoms with Gasteiger partial charge in [0.05, 0.1) is 0 Å². The molecule has 0 aromatic rings. The summed E-state index contributed by atoms with van der Waals surface area (Å²) in [5, 5.41) is 15.6. The molecule has 0 spiro atoms. The van der Waals surface area contributed by atoms with Gasteiger partial charge >= 0.3 is 13.0 Å². The van der Waals surface area contributed by atoms with Crippen LogP contribution in [0.3, 0.4) is 0 Å². The number of carbonyl (C=O) groups is 1. The Kier molecular flexibility index (Phi) is 4.85. The van der Waals surface area contributed by atoms with E-state index in [2.05, 4.69) is 0 Å². The fourth-order valence-electron chi connectivity index (χ4n) is 0.466. The van der Waals surface area contributed by atoms with E-state index in [0.29, 0.717) is 0 Å². The molecule has 68 valence electrons. The van der Waals surface area contributed by atoms with Crippen LogP contribution >= 0.6 is 18.4 Å². The third kappa shape index (κ3) is 5.09. The highest BCUT2D eigenvalue weighted by atomic mass is 32.7. The molecule has 0 amide bonds. The maximum atomic E-state index is 10.6. The standard InChI is InChI=1S/C5H9N2O3PS/c1-7(3-4(8)9)5(6)12-11(2)10/h6H,3H2,1-2H3/p+1. The number of hydrogen-bond acceptors (Lipinski definition) is 4. The van der Waals surface area contributed by atoms with Gasteiger partial charge < -0.3 is 10.0 Å². The molecule has 0 bridgehead atoms. The molecule has 0 rings (SSSR count).